The van der Waals surface area contributed by atoms with Gasteiger partial charge in [-0.2, -0.15) is 10.1 Å². The molecule has 2 atom stereocenters. The molecule has 3 amide bonds. The molecule has 2 unspecified atom stereocenters. The van der Waals surface area contributed by atoms with E-state index in [9.17, 15) is 14.4 Å². The third-order valence-corrected chi connectivity index (χ3v) is 11.7. The molecule has 0 spiro atoms. The SMILES string of the molecule is Cc1cc(-c2ncnn3cc(-c4cccc(C(C)CN5CCC(c6ccc(C7CCC(=O)NC7=O)cc6)CC5)c4)cc23)ccc1CNC(=O)c1noc(C(C)(C)C)n1. The number of carbonyl (C=O) groups excluding carboxylic acids is 3. The molecule has 0 saturated carbocycles. The van der Waals surface area contributed by atoms with Crippen LogP contribution < -0.4 is 10.6 Å². The van der Waals surface area contributed by atoms with Crippen LogP contribution in [0.1, 0.15) is 115 Å². The van der Waals surface area contributed by atoms with E-state index in [1.54, 1.807) is 6.33 Å². The number of carbonyl (C=O) groups is 3. The quantitative estimate of drug-likeness (QED) is 0.135. The number of fused-ring (bicyclic) bond motifs is 1. The molecular weight excluding hydrogens is 729 g/mol. The lowest BCUT2D eigenvalue weighted by Gasteiger charge is -2.34. The first-order valence-electron chi connectivity index (χ1n) is 20.2. The number of nitrogens with one attached hydrogen (secondary N) is 2. The van der Waals surface area contributed by atoms with Crippen molar-refractivity contribution < 1.29 is 18.9 Å². The fraction of sp³-hybridized carbons (Fsp3) is 0.370. The normalized spacial score (nSPS) is 17.4. The Kier molecular flexibility index (Phi) is 10.8. The third kappa shape index (κ3) is 8.33. The van der Waals surface area contributed by atoms with E-state index < -0.39 is 0 Å². The number of hydrogen-bond acceptors (Lipinski definition) is 9. The van der Waals surface area contributed by atoms with Crippen LogP contribution >= 0.6 is 0 Å². The summed E-state index contributed by atoms with van der Waals surface area (Å²) in [7, 11) is 0. The first-order chi connectivity index (χ1) is 27.9. The Morgan fingerprint density at radius 2 is 1.72 bits per heavy atom. The molecule has 2 aliphatic rings. The van der Waals surface area contributed by atoms with Crippen LogP contribution in [-0.4, -0.2) is 67.0 Å². The van der Waals surface area contributed by atoms with Crippen molar-refractivity contribution in [2.75, 3.05) is 19.6 Å². The van der Waals surface area contributed by atoms with Crippen LogP contribution in [0.25, 0.3) is 27.9 Å². The van der Waals surface area contributed by atoms with Gasteiger partial charge in [0, 0.05) is 42.2 Å². The van der Waals surface area contributed by atoms with Gasteiger partial charge < -0.3 is 14.7 Å². The average molecular weight is 779 g/mol. The van der Waals surface area contributed by atoms with Crippen molar-refractivity contribution >= 4 is 23.2 Å². The van der Waals surface area contributed by atoms with Gasteiger partial charge in [0.25, 0.3) is 11.7 Å². The maximum atomic E-state index is 12.8. The summed E-state index contributed by atoms with van der Waals surface area (Å²) in [5.74, 6) is 0.319. The summed E-state index contributed by atoms with van der Waals surface area (Å²) in [6.07, 6.45) is 6.82. The maximum absolute atomic E-state index is 12.8. The minimum Gasteiger partial charge on any atom is -0.345 e. The zero-order valence-corrected chi connectivity index (χ0v) is 33.8. The number of aromatic nitrogens is 5. The van der Waals surface area contributed by atoms with Crippen molar-refractivity contribution in [1.82, 2.24) is 40.3 Å². The monoisotopic (exact) mass is 778 g/mol. The smallest absolute Gasteiger partial charge is 0.292 e. The lowest BCUT2D eigenvalue weighted by molar-refractivity contribution is -0.134. The van der Waals surface area contributed by atoms with Gasteiger partial charge in [-0.1, -0.05) is 93.5 Å². The predicted molar refractivity (Wildman–Crippen MR) is 221 cm³/mol. The van der Waals surface area contributed by atoms with Crippen LogP contribution in [0.4, 0.5) is 0 Å². The molecule has 2 fully saturated rings. The molecule has 0 bridgehead atoms. The van der Waals surface area contributed by atoms with Gasteiger partial charge in [-0.15, -0.1) is 0 Å². The number of imide groups is 1. The number of amides is 3. The molecule has 0 radical (unpaired) electrons. The third-order valence-electron chi connectivity index (χ3n) is 11.7. The fourth-order valence-corrected chi connectivity index (χ4v) is 8.20. The van der Waals surface area contributed by atoms with E-state index >= 15 is 0 Å². The Hall–Kier alpha value is -6.01. The van der Waals surface area contributed by atoms with E-state index in [1.165, 1.54) is 11.1 Å². The maximum Gasteiger partial charge on any atom is 0.292 e. The van der Waals surface area contributed by atoms with Crippen molar-refractivity contribution in [1.29, 1.82) is 0 Å². The first kappa shape index (κ1) is 38.8. The Morgan fingerprint density at radius 3 is 2.45 bits per heavy atom. The summed E-state index contributed by atoms with van der Waals surface area (Å²) in [5, 5.41) is 13.8. The Bertz CT molecular complexity index is 2470. The van der Waals surface area contributed by atoms with Gasteiger partial charge in [0.05, 0.1) is 17.1 Å². The standard InChI is InChI=1S/C46H50N8O4/c1-28-21-35(13-14-36(28)24-47-44(57)42-51-45(58-52-42)46(3,4)5)41-39-23-37(26-54(39)49-27-48-41)34-8-6-7-33(22-34)29(2)25-53-19-17-31(18-20-53)30-9-11-32(12-10-30)38-15-16-40(55)50-43(38)56/h6-14,21-23,26-27,29,31,38H,15-20,24-25H2,1-5H3,(H,47,57)(H,50,55,56). The van der Waals surface area contributed by atoms with Gasteiger partial charge in [-0.25, -0.2) is 9.50 Å². The topological polar surface area (TPSA) is 148 Å². The highest BCUT2D eigenvalue weighted by Gasteiger charge is 2.29. The van der Waals surface area contributed by atoms with Crippen LogP contribution in [0.15, 0.2) is 89.8 Å². The number of benzene rings is 3. The first-order valence-corrected chi connectivity index (χ1v) is 20.2. The number of nitrogens with zero attached hydrogens (tertiary/aromatic N) is 6. The van der Waals surface area contributed by atoms with Crippen molar-refractivity contribution in [3.63, 3.8) is 0 Å². The summed E-state index contributed by atoms with van der Waals surface area (Å²) in [6, 6.07) is 25.6. The second-order valence-corrected chi connectivity index (χ2v) is 16.9. The molecule has 2 aliphatic heterocycles. The molecule has 8 rings (SSSR count). The van der Waals surface area contributed by atoms with E-state index in [1.807, 2.05) is 44.3 Å². The Labute approximate surface area is 338 Å². The number of rotatable bonds is 10. The molecule has 58 heavy (non-hydrogen) atoms. The predicted octanol–water partition coefficient (Wildman–Crippen LogP) is 7.49. The van der Waals surface area contributed by atoms with Gasteiger partial charge in [0.1, 0.15) is 6.33 Å². The lowest BCUT2D eigenvalue weighted by atomic mass is 9.85. The molecule has 6 aromatic rings. The minimum absolute atomic E-state index is 0.0255. The Balaban J connectivity index is 0.889. The summed E-state index contributed by atoms with van der Waals surface area (Å²) >= 11 is 0. The minimum atomic E-state index is -0.381. The van der Waals surface area contributed by atoms with Crippen LogP contribution in [0, 0.1) is 6.92 Å². The van der Waals surface area contributed by atoms with Crippen molar-refractivity contribution in [3.05, 3.63) is 125 Å². The molecule has 3 aromatic heterocycles. The van der Waals surface area contributed by atoms with Crippen molar-refractivity contribution in [2.45, 2.75) is 90.0 Å². The van der Waals surface area contributed by atoms with E-state index in [0.29, 0.717) is 37.1 Å². The Morgan fingerprint density at radius 1 is 0.948 bits per heavy atom. The van der Waals surface area contributed by atoms with Crippen LogP contribution in [0.3, 0.4) is 0 Å². The van der Waals surface area contributed by atoms with Gasteiger partial charge in [0.2, 0.25) is 17.7 Å². The molecule has 298 valence electrons. The summed E-state index contributed by atoms with van der Waals surface area (Å²) in [6.45, 7) is 13.6. The fourth-order valence-electron chi connectivity index (χ4n) is 8.20. The number of likely N-dealkylation sites (tertiary alicyclic amines) is 1. The highest BCUT2D eigenvalue weighted by atomic mass is 16.5. The van der Waals surface area contributed by atoms with E-state index in [0.717, 1.165) is 77.1 Å². The van der Waals surface area contributed by atoms with E-state index in [4.69, 9.17) is 9.51 Å². The highest BCUT2D eigenvalue weighted by molar-refractivity contribution is 6.01. The molecular formula is C46H50N8O4. The molecule has 0 aliphatic carbocycles. The number of aryl methyl sites for hydroxylation is 1. The van der Waals surface area contributed by atoms with Gasteiger partial charge in [0.15, 0.2) is 0 Å². The molecule has 12 heteroatoms. The summed E-state index contributed by atoms with van der Waals surface area (Å²) < 4.78 is 7.17. The number of piperidine rings is 2. The molecule has 3 aromatic carbocycles. The van der Waals surface area contributed by atoms with E-state index in [-0.39, 0.29) is 34.9 Å². The molecule has 5 heterocycles. The number of hydrogen-bond donors (Lipinski definition) is 2. The van der Waals surface area contributed by atoms with Gasteiger partial charge >= 0.3 is 0 Å². The average Bonchev–Trinajstić information content (AvgIpc) is 3.90. The van der Waals surface area contributed by atoms with Gasteiger partial charge in [-0.05, 0) is 96.6 Å². The largest absolute Gasteiger partial charge is 0.345 e. The van der Waals surface area contributed by atoms with E-state index in [2.05, 4.69) is 105 Å². The van der Waals surface area contributed by atoms with Crippen LogP contribution in [-0.2, 0) is 21.5 Å². The van der Waals surface area contributed by atoms with Crippen LogP contribution in [0.5, 0.6) is 0 Å². The van der Waals surface area contributed by atoms with Crippen molar-refractivity contribution in [3.8, 4) is 22.4 Å². The zero-order chi connectivity index (χ0) is 40.6. The van der Waals surface area contributed by atoms with Gasteiger partial charge in [-0.3, -0.25) is 19.7 Å². The zero-order valence-electron chi connectivity index (χ0n) is 33.8. The van der Waals surface area contributed by atoms with Crippen LogP contribution in [0.2, 0.25) is 0 Å². The molecule has 2 saturated heterocycles. The lowest BCUT2D eigenvalue weighted by Crippen LogP contribution is -2.39. The van der Waals surface area contributed by atoms with Crippen molar-refractivity contribution in [2.24, 2.45) is 0 Å². The summed E-state index contributed by atoms with van der Waals surface area (Å²) in [4.78, 5) is 48.2. The molecule has 12 nitrogen and oxygen atoms in total. The second-order valence-electron chi connectivity index (χ2n) is 16.9. The summed E-state index contributed by atoms with van der Waals surface area (Å²) in [5.41, 5.74) is 10.2. The second kappa shape index (κ2) is 16.1. The molecule has 2 N–H and O–H groups in total. The highest BCUT2D eigenvalue weighted by Crippen LogP contribution is 2.34.